The van der Waals surface area contributed by atoms with E-state index in [1.165, 1.54) is 18.2 Å². The number of benzene rings is 1. The van der Waals surface area contributed by atoms with Crippen LogP contribution in [-0.2, 0) is 9.59 Å². The van der Waals surface area contributed by atoms with Gasteiger partial charge in [0.25, 0.3) is 11.8 Å². The molecule has 0 saturated carbocycles. The van der Waals surface area contributed by atoms with Crippen LogP contribution < -0.4 is 4.90 Å². The van der Waals surface area contributed by atoms with E-state index in [0.29, 0.717) is 0 Å². The molecule has 1 aromatic carbocycles. The zero-order valence-corrected chi connectivity index (χ0v) is 10.3. The van der Waals surface area contributed by atoms with E-state index in [1.807, 2.05) is 0 Å². The van der Waals surface area contributed by atoms with Crippen molar-refractivity contribution in [1.82, 2.24) is 0 Å². The van der Waals surface area contributed by atoms with Gasteiger partial charge in [-0.3, -0.25) is 9.59 Å². The molecule has 1 aliphatic rings. The molecule has 0 saturated heterocycles. The summed E-state index contributed by atoms with van der Waals surface area (Å²) in [7, 11) is 0. The molecule has 1 N–H and O–H groups in total. The first kappa shape index (κ1) is 12.2. The first-order valence-corrected chi connectivity index (χ1v) is 5.49. The zero-order valence-electron chi connectivity index (χ0n) is 8.08. The maximum atomic E-state index is 11.6. The number of hydrogen-bond acceptors (Lipinski definition) is 3. The Balaban J connectivity index is 2.47. The quantitative estimate of drug-likeness (QED) is 0.810. The molecular formula is C10H4Cl3NO3. The van der Waals surface area contributed by atoms with Crippen molar-refractivity contribution in [3.05, 3.63) is 33.3 Å². The highest BCUT2D eigenvalue weighted by molar-refractivity contribution is 6.62. The highest BCUT2D eigenvalue weighted by atomic mass is 35.5. The molecular weight excluding hydrogens is 288 g/mol. The second-order valence-electron chi connectivity index (χ2n) is 3.21. The van der Waals surface area contributed by atoms with Crippen LogP contribution in [0.2, 0.25) is 5.02 Å². The van der Waals surface area contributed by atoms with Gasteiger partial charge in [-0.1, -0.05) is 34.8 Å². The van der Waals surface area contributed by atoms with E-state index in [1.54, 1.807) is 0 Å². The third-order valence-electron chi connectivity index (χ3n) is 2.16. The number of imide groups is 1. The second-order valence-corrected chi connectivity index (χ2v) is 4.37. The normalized spacial score (nSPS) is 16.1. The lowest BCUT2D eigenvalue weighted by Gasteiger charge is -2.14. The van der Waals surface area contributed by atoms with E-state index in [9.17, 15) is 14.7 Å². The molecule has 0 bridgehead atoms. The van der Waals surface area contributed by atoms with Crippen molar-refractivity contribution in [1.29, 1.82) is 0 Å². The fourth-order valence-electron chi connectivity index (χ4n) is 1.35. The van der Waals surface area contributed by atoms with Crippen molar-refractivity contribution in [2.45, 2.75) is 0 Å². The van der Waals surface area contributed by atoms with Gasteiger partial charge < -0.3 is 5.11 Å². The summed E-state index contributed by atoms with van der Waals surface area (Å²) < 4.78 is 0. The zero-order chi connectivity index (χ0) is 12.7. The Morgan fingerprint density at radius 1 is 1.00 bits per heavy atom. The predicted molar refractivity (Wildman–Crippen MR) is 64.3 cm³/mol. The van der Waals surface area contributed by atoms with Gasteiger partial charge in [-0.05, 0) is 18.2 Å². The molecule has 0 aromatic heterocycles. The monoisotopic (exact) mass is 291 g/mol. The largest absolute Gasteiger partial charge is 0.506 e. The summed E-state index contributed by atoms with van der Waals surface area (Å²) in [6, 6.07) is 3.89. The topological polar surface area (TPSA) is 57.6 Å². The van der Waals surface area contributed by atoms with Gasteiger partial charge in [0.1, 0.15) is 15.8 Å². The Labute approximate surface area is 111 Å². The van der Waals surface area contributed by atoms with Crippen LogP contribution in [0.1, 0.15) is 0 Å². The maximum Gasteiger partial charge on any atom is 0.278 e. The lowest BCUT2D eigenvalue weighted by molar-refractivity contribution is -0.120. The molecule has 17 heavy (non-hydrogen) atoms. The smallest absolute Gasteiger partial charge is 0.278 e. The van der Waals surface area contributed by atoms with Crippen LogP contribution in [-0.4, -0.2) is 16.9 Å². The summed E-state index contributed by atoms with van der Waals surface area (Å²) in [5.41, 5.74) is 0.191. The van der Waals surface area contributed by atoms with Crippen LogP contribution in [0.4, 0.5) is 5.69 Å². The number of carbonyl (C=O) groups is 2. The van der Waals surface area contributed by atoms with E-state index in [0.717, 1.165) is 4.90 Å². The summed E-state index contributed by atoms with van der Waals surface area (Å²) in [5.74, 6) is -1.59. The van der Waals surface area contributed by atoms with Gasteiger partial charge in [0, 0.05) is 0 Å². The van der Waals surface area contributed by atoms with Gasteiger partial charge >= 0.3 is 0 Å². The molecule has 0 unspecified atom stereocenters. The summed E-state index contributed by atoms with van der Waals surface area (Å²) in [4.78, 5) is 24.1. The Kier molecular flexibility index (Phi) is 3.03. The van der Waals surface area contributed by atoms with Gasteiger partial charge in [0.15, 0.2) is 0 Å². The SMILES string of the molecule is O=C1C(Cl)=C(Cl)C(=O)N1c1ccc(O)c(Cl)c1. The first-order chi connectivity index (χ1) is 7.93. The van der Waals surface area contributed by atoms with E-state index < -0.39 is 11.8 Å². The van der Waals surface area contributed by atoms with Gasteiger partial charge in [-0.2, -0.15) is 0 Å². The number of aromatic hydroxyl groups is 1. The Bertz CT molecular complexity index is 544. The molecule has 7 heteroatoms. The minimum Gasteiger partial charge on any atom is -0.506 e. The number of amides is 2. The number of phenolic OH excluding ortho intramolecular Hbond substituents is 1. The molecule has 1 heterocycles. The minimum atomic E-state index is -0.719. The number of phenols is 1. The lowest BCUT2D eigenvalue weighted by Crippen LogP contribution is -2.30. The molecule has 0 atom stereocenters. The molecule has 1 aliphatic heterocycles. The fourth-order valence-corrected chi connectivity index (χ4v) is 1.85. The average molecular weight is 293 g/mol. The van der Waals surface area contributed by atoms with Gasteiger partial charge in [-0.15, -0.1) is 0 Å². The minimum absolute atomic E-state index is 0.0160. The summed E-state index contributed by atoms with van der Waals surface area (Å²) in [5, 5.41) is 8.59. The van der Waals surface area contributed by atoms with E-state index in [4.69, 9.17) is 34.8 Å². The predicted octanol–water partition coefficient (Wildman–Crippen LogP) is 2.61. The molecule has 0 aliphatic carbocycles. The number of carbonyl (C=O) groups excluding carboxylic acids is 2. The van der Waals surface area contributed by atoms with Crippen LogP contribution in [0.25, 0.3) is 0 Å². The van der Waals surface area contributed by atoms with Crippen molar-refractivity contribution in [2.24, 2.45) is 0 Å². The van der Waals surface area contributed by atoms with Crippen molar-refractivity contribution in [3.8, 4) is 5.75 Å². The molecule has 1 aromatic rings. The summed E-state index contributed by atoms with van der Waals surface area (Å²) in [6.45, 7) is 0. The molecule has 0 fully saturated rings. The van der Waals surface area contributed by atoms with Crippen molar-refractivity contribution >= 4 is 52.3 Å². The van der Waals surface area contributed by atoms with Crippen LogP contribution in [0.15, 0.2) is 28.3 Å². The highest BCUT2D eigenvalue weighted by Crippen LogP contribution is 2.34. The number of rotatable bonds is 1. The number of anilines is 1. The third-order valence-corrected chi connectivity index (χ3v) is 3.26. The third kappa shape index (κ3) is 1.88. The van der Waals surface area contributed by atoms with Crippen molar-refractivity contribution < 1.29 is 14.7 Å². The van der Waals surface area contributed by atoms with Gasteiger partial charge in [0.2, 0.25) is 0 Å². The number of hydrogen-bond donors (Lipinski definition) is 1. The fraction of sp³-hybridized carbons (Fsp3) is 0. The second kappa shape index (κ2) is 4.22. The summed E-state index contributed by atoms with van der Waals surface area (Å²) >= 11 is 16.8. The Hall–Kier alpha value is -1.23. The van der Waals surface area contributed by atoms with Crippen molar-refractivity contribution in [2.75, 3.05) is 4.90 Å². The van der Waals surface area contributed by atoms with Gasteiger partial charge in [-0.25, -0.2) is 4.90 Å². The molecule has 4 nitrogen and oxygen atoms in total. The Morgan fingerprint density at radius 3 is 2.00 bits per heavy atom. The van der Waals surface area contributed by atoms with Crippen LogP contribution >= 0.6 is 34.8 Å². The van der Waals surface area contributed by atoms with Crippen LogP contribution in [0.5, 0.6) is 5.75 Å². The van der Waals surface area contributed by atoms with Crippen molar-refractivity contribution in [3.63, 3.8) is 0 Å². The maximum absolute atomic E-state index is 11.6. The molecule has 88 valence electrons. The van der Waals surface area contributed by atoms with Crippen LogP contribution in [0, 0.1) is 0 Å². The molecule has 2 rings (SSSR count). The highest BCUT2D eigenvalue weighted by Gasteiger charge is 2.37. The lowest BCUT2D eigenvalue weighted by atomic mass is 10.2. The van der Waals surface area contributed by atoms with Crippen LogP contribution in [0.3, 0.4) is 0 Å². The average Bonchev–Trinajstić information content (AvgIpc) is 2.48. The number of nitrogens with zero attached hydrogens (tertiary/aromatic N) is 1. The first-order valence-electron chi connectivity index (χ1n) is 4.36. The Morgan fingerprint density at radius 2 is 1.53 bits per heavy atom. The summed E-state index contributed by atoms with van der Waals surface area (Å²) in [6.07, 6.45) is 0. The van der Waals surface area contributed by atoms with Gasteiger partial charge in [0.05, 0.1) is 10.7 Å². The number of halogens is 3. The van der Waals surface area contributed by atoms with E-state index in [2.05, 4.69) is 0 Å². The van der Waals surface area contributed by atoms with E-state index in [-0.39, 0.29) is 26.5 Å². The van der Waals surface area contributed by atoms with E-state index >= 15 is 0 Å². The molecule has 2 amide bonds. The standard InChI is InChI=1S/C10H4Cl3NO3/c11-5-3-4(1-2-6(5)15)14-9(16)7(12)8(13)10(14)17/h1-3,15H. The molecule has 0 radical (unpaired) electrons. The molecule has 0 spiro atoms.